The normalized spacial score (nSPS) is 10.1. The molecule has 0 radical (unpaired) electrons. The SMILES string of the molecule is CCOc1cncc(C(=O)c2cnccc2C)c1. The van der Waals surface area contributed by atoms with Crippen molar-refractivity contribution in [2.45, 2.75) is 13.8 Å². The zero-order valence-corrected chi connectivity index (χ0v) is 10.4. The minimum absolute atomic E-state index is 0.0883. The minimum atomic E-state index is -0.0883. The van der Waals surface area contributed by atoms with Gasteiger partial charge in [-0.15, -0.1) is 0 Å². The van der Waals surface area contributed by atoms with Crippen molar-refractivity contribution < 1.29 is 9.53 Å². The topological polar surface area (TPSA) is 52.1 Å². The first kappa shape index (κ1) is 12.2. The Kier molecular flexibility index (Phi) is 3.67. The molecule has 2 aromatic rings. The van der Waals surface area contributed by atoms with Crippen molar-refractivity contribution in [1.82, 2.24) is 9.97 Å². The highest BCUT2D eigenvalue weighted by atomic mass is 16.5. The lowest BCUT2D eigenvalue weighted by molar-refractivity contribution is 0.103. The number of ether oxygens (including phenoxy) is 1. The largest absolute Gasteiger partial charge is 0.492 e. The maximum absolute atomic E-state index is 12.3. The lowest BCUT2D eigenvalue weighted by Crippen LogP contribution is -2.05. The smallest absolute Gasteiger partial charge is 0.196 e. The number of carbonyl (C=O) groups excluding carboxylic acids is 1. The van der Waals surface area contributed by atoms with Crippen molar-refractivity contribution in [3.8, 4) is 5.75 Å². The molecule has 0 aromatic carbocycles. The Bertz CT molecular complexity index is 567. The Morgan fingerprint density at radius 1 is 1.28 bits per heavy atom. The molecule has 0 fully saturated rings. The first-order valence-electron chi connectivity index (χ1n) is 5.75. The highest BCUT2D eigenvalue weighted by Gasteiger charge is 2.12. The van der Waals surface area contributed by atoms with E-state index in [-0.39, 0.29) is 5.78 Å². The molecule has 2 heterocycles. The van der Waals surface area contributed by atoms with Gasteiger partial charge < -0.3 is 4.74 Å². The number of rotatable bonds is 4. The van der Waals surface area contributed by atoms with Crippen molar-refractivity contribution in [2.75, 3.05) is 6.61 Å². The van der Waals surface area contributed by atoms with E-state index in [2.05, 4.69) is 9.97 Å². The van der Waals surface area contributed by atoms with Crippen molar-refractivity contribution in [3.05, 3.63) is 53.6 Å². The van der Waals surface area contributed by atoms with Crippen molar-refractivity contribution in [1.29, 1.82) is 0 Å². The van der Waals surface area contributed by atoms with Crippen LogP contribution in [-0.2, 0) is 0 Å². The standard InChI is InChI=1S/C14H14N2O2/c1-3-18-12-6-11(7-16-8-12)14(17)13-9-15-5-4-10(13)2/h4-9H,3H2,1-2H3. The van der Waals surface area contributed by atoms with Crippen molar-refractivity contribution in [2.24, 2.45) is 0 Å². The summed E-state index contributed by atoms with van der Waals surface area (Å²) in [4.78, 5) is 20.3. The van der Waals surface area contributed by atoms with Gasteiger partial charge in [0, 0.05) is 29.7 Å². The Morgan fingerprint density at radius 2 is 2.11 bits per heavy atom. The average molecular weight is 242 g/mol. The Morgan fingerprint density at radius 3 is 2.83 bits per heavy atom. The van der Waals surface area contributed by atoms with Crippen LogP contribution in [0, 0.1) is 6.92 Å². The predicted molar refractivity (Wildman–Crippen MR) is 67.8 cm³/mol. The summed E-state index contributed by atoms with van der Waals surface area (Å²) in [6, 6.07) is 3.51. The van der Waals surface area contributed by atoms with Gasteiger partial charge in [-0.1, -0.05) is 0 Å². The van der Waals surface area contributed by atoms with Crippen LogP contribution in [0.15, 0.2) is 36.9 Å². The molecule has 4 heteroatoms. The van der Waals surface area contributed by atoms with Crippen LogP contribution in [0.1, 0.15) is 28.4 Å². The summed E-state index contributed by atoms with van der Waals surface area (Å²) in [6.45, 7) is 4.32. The highest BCUT2D eigenvalue weighted by molar-refractivity contribution is 6.09. The Hall–Kier alpha value is -2.23. The van der Waals surface area contributed by atoms with E-state index in [1.807, 2.05) is 19.9 Å². The minimum Gasteiger partial charge on any atom is -0.492 e. The monoisotopic (exact) mass is 242 g/mol. The van der Waals surface area contributed by atoms with Gasteiger partial charge in [-0.05, 0) is 31.5 Å². The van der Waals surface area contributed by atoms with Gasteiger partial charge in [0.15, 0.2) is 5.78 Å². The molecule has 0 atom stereocenters. The quantitative estimate of drug-likeness (QED) is 0.772. The van der Waals surface area contributed by atoms with Gasteiger partial charge in [0.05, 0.1) is 12.8 Å². The van der Waals surface area contributed by atoms with Crippen LogP contribution in [0.5, 0.6) is 5.75 Å². The van der Waals surface area contributed by atoms with Crippen molar-refractivity contribution in [3.63, 3.8) is 0 Å². The summed E-state index contributed by atoms with van der Waals surface area (Å²) in [5.41, 5.74) is 2.00. The highest BCUT2D eigenvalue weighted by Crippen LogP contribution is 2.16. The third-order valence-electron chi connectivity index (χ3n) is 2.57. The van der Waals surface area contributed by atoms with Gasteiger partial charge >= 0.3 is 0 Å². The van der Waals surface area contributed by atoms with Crippen LogP contribution in [0.3, 0.4) is 0 Å². The van der Waals surface area contributed by atoms with E-state index in [9.17, 15) is 4.79 Å². The Balaban J connectivity index is 2.34. The first-order chi connectivity index (χ1) is 8.72. The molecule has 0 saturated carbocycles. The van der Waals surface area contributed by atoms with Gasteiger partial charge in [0.25, 0.3) is 0 Å². The molecular weight excluding hydrogens is 228 g/mol. The molecule has 0 N–H and O–H groups in total. The molecule has 92 valence electrons. The molecule has 0 unspecified atom stereocenters. The predicted octanol–water partition coefficient (Wildman–Crippen LogP) is 2.41. The third kappa shape index (κ3) is 2.53. The summed E-state index contributed by atoms with van der Waals surface area (Å²) in [5.74, 6) is 0.513. The molecule has 4 nitrogen and oxygen atoms in total. The molecule has 0 aliphatic carbocycles. The molecule has 0 aliphatic heterocycles. The van der Waals surface area contributed by atoms with Gasteiger partial charge in [0.2, 0.25) is 0 Å². The summed E-state index contributed by atoms with van der Waals surface area (Å²) in [5, 5.41) is 0. The van der Waals surface area contributed by atoms with E-state index < -0.39 is 0 Å². The van der Waals surface area contributed by atoms with Crippen LogP contribution in [0.2, 0.25) is 0 Å². The molecular formula is C14H14N2O2. The lowest BCUT2D eigenvalue weighted by Gasteiger charge is -2.06. The number of pyridine rings is 2. The number of aromatic nitrogens is 2. The summed E-state index contributed by atoms with van der Waals surface area (Å²) in [7, 11) is 0. The van der Waals surface area contributed by atoms with Crippen LogP contribution in [0.25, 0.3) is 0 Å². The number of aryl methyl sites for hydroxylation is 1. The second kappa shape index (κ2) is 5.40. The first-order valence-corrected chi connectivity index (χ1v) is 5.75. The van der Waals surface area contributed by atoms with Gasteiger partial charge in [-0.2, -0.15) is 0 Å². The maximum atomic E-state index is 12.3. The van der Waals surface area contributed by atoms with E-state index >= 15 is 0 Å². The van der Waals surface area contributed by atoms with Crippen LogP contribution < -0.4 is 4.74 Å². The number of hydrogen-bond donors (Lipinski definition) is 0. The second-order valence-electron chi connectivity index (χ2n) is 3.86. The molecule has 0 saturated heterocycles. The van der Waals surface area contributed by atoms with Gasteiger partial charge in [-0.3, -0.25) is 14.8 Å². The fourth-order valence-corrected chi connectivity index (χ4v) is 1.65. The van der Waals surface area contributed by atoms with E-state index in [0.29, 0.717) is 23.5 Å². The lowest BCUT2D eigenvalue weighted by atomic mass is 10.0. The maximum Gasteiger partial charge on any atom is 0.196 e. The van der Waals surface area contributed by atoms with Crippen LogP contribution in [-0.4, -0.2) is 22.4 Å². The fraction of sp³-hybridized carbons (Fsp3) is 0.214. The number of nitrogens with zero attached hydrogens (tertiary/aromatic N) is 2. The Labute approximate surface area is 106 Å². The molecule has 18 heavy (non-hydrogen) atoms. The summed E-state index contributed by atoms with van der Waals surface area (Å²) in [6.07, 6.45) is 6.37. The van der Waals surface area contributed by atoms with E-state index in [0.717, 1.165) is 5.56 Å². The molecule has 0 aliphatic rings. The number of hydrogen-bond acceptors (Lipinski definition) is 4. The summed E-state index contributed by atoms with van der Waals surface area (Å²) >= 11 is 0. The van der Waals surface area contributed by atoms with Crippen molar-refractivity contribution >= 4 is 5.78 Å². The van der Waals surface area contributed by atoms with Gasteiger partial charge in [-0.25, -0.2) is 0 Å². The number of carbonyl (C=O) groups is 1. The van der Waals surface area contributed by atoms with Crippen LogP contribution in [0.4, 0.5) is 0 Å². The molecule has 2 rings (SSSR count). The second-order valence-corrected chi connectivity index (χ2v) is 3.86. The third-order valence-corrected chi connectivity index (χ3v) is 2.57. The average Bonchev–Trinajstić information content (AvgIpc) is 2.39. The summed E-state index contributed by atoms with van der Waals surface area (Å²) < 4.78 is 5.33. The van der Waals surface area contributed by atoms with Crippen LogP contribution >= 0.6 is 0 Å². The van der Waals surface area contributed by atoms with E-state index in [1.54, 1.807) is 24.7 Å². The molecule has 0 spiro atoms. The zero-order valence-electron chi connectivity index (χ0n) is 10.4. The molecule has 2 aromatic heterocycles. The molecule has 0 amide bonds. The van der Waals surface area contributed by atoms with Gasteiger partial charge in [0.1, 0.15) is 5.75 Å². The fourth-order valence-electron chi connectivity index (χ4n) is 1.65. The van der Waals surface area contributed by atoms with E-state index in [1.165, 1.54) is 6.20 Å². The van der Waals surface area contributed by atoms with E-state index in [4.69, 9.17) is 4.74 Å². The zero-order chi connectivity index (χ0) is 13.0. The molecule has 0 bridgehead atoms. The number of ketones is 1.